The van der Waals surface area contributed by atoms with Gasteiger partial charge >= 0.3 is 5.91 Å². The molecule has 0 atom stereocenters. The first-order valence-corrected chi connectivity index (χ1v) is 8.74. The highest BCUT2D eigenvalue weighted by molar-refractivity contribution is 7.13. The predicted molar refractivity (Wildman–Crippen MR) is 93.9 cm³/mol. The van der Waals surface area contributed by atoms with Crippen LogP contribution in [0, 0.1) is 5.82 Å². The molecule has 0 unspecified atom stereocenters. The molecule has 0 radical (unpaired) electrons. The number of morpholine rings is 1. The van der Waals surface area contributed by atoms with E-state index in [4.69, 9.17) is 4.74 Å². The fraction of sp³-hybridized carbons (Fsp3) is 0.250. The third-order valence-electron chi connectivity index (χ3n) is 3.95. The normalized spacial score (nSPS) is 15.2. The Balaban J connectivity index is 1.56. The molecule has 0 saturated carbocycles. The van der Waals surface area contributed by atoms with E-state index in [9.17, 15) is 14.3 Å². The van der Waals surface area contributed by atoms with E-state index in [1.807, 2.05) is 4.90 Å². The van der Waals surface area contributed by atoms with E-state index in [1.165, 1.54) is 29.5 Å². The molecule has 10 heteroatoms. The molecule has 2 aromatic heterocycles. The number of benzene rings is 1. The number of carbonyl (C=O) groups excluding carboxylic acids is 1. The molecule has 1 amide bonds. The number of fused-ring (bicyclic) bond motifs is 1. The number of aromatic amines is 1. The Labute approximate surface area is 150 Å². The lowest BCUT2D eigenvalue weighted by molar-refractivity contribution is 0.0991. The molecule has 3 heterocycles. The van der Waals surface area contributed by atoms with Crippen molar-refractivity contribution in [3.8, 4) is 5.88 Å². The maximum atomic E-state index is 13.4. The van der Waals surface area contributed by atoms with Gasteiger partial charge in [-0.2, -0.15) is 0 Å². The molecule has 3 aromatic rings. The molecule has 0 bridgehead atoms. The van der Waals surface area contributed by atoms with Crippen molar-refractivity contribution in [3.05, 3.63) is 35.1 Å². The zero-order chi connectivity index (χ0) is 18.1. The van der Waals surface area contributed by atoms with Crippen LogP contribution >= 0.6 is 11.3 Å². The van der Waals surface area contributed by atoms with Gasteiger partial charge in [-0.1, -0.05) is 0 Å². The Morgan fingerprint density at radius 3 is 3.00 bits per heavy atom. The minimum absolute atomic E-state index is 0.0106. The Bertz CT molecular complexity index is 993. The van der Waals surface area contributed by atoms with Crippen LogP contribution in [-0.4, -0.2) is 47.3 Å². The average molecular weight is 375 g/mol. The number of hydrogen-bond acceptors (Lipinski definition) is 7. The van der Waals surface area contributed by atoms with Crippen LogP contribution in [0.5, 0.6) is 5.88 Å². The Morgan fingerprint density at radius 1 is 1.38 bits per heavy atom. The monoisotopic (exact) mass is 375 g/mol. The zero-order valence-electron chi connectivity index (χ0n) is 13.5. The molecule has 4 rings (SSSR count). The molecule has 1 aliphatic heterocycles. The molecule has 1 saturated heterocycles. The second kappa shape index (κ2) is 6.81. The summed E-state index contributed by atoms with van der Waals surface area (Å²) >= 11 is 1.35. The summed E-state index contributed by atoms with van der Waals surface area (Å²) in [6.07, 6.45) is 0. The number of thiazole rings is 1. The van der Waals surface area contributed by atoms with Crippen molar-refractivity contribution >= 4 is 39.0 Å². The number of nitrogens with one attached hydrogen (secondary N) is 1. The van der Waals surface area contributed by atoms with E-state index in [1.54, 1.807) is 5.38 Å². The van der Waals surface area contributed by atoms with Crippen molar-refractivity contribution in [3.63, 3.8) is 0 Å². The topological polar surface area (TPSA) is 103 Å². The van der Waals surface area contributed by atoms with Gasteiger partial charge in [0.2, 0.25) is 5.88 Å². The summed E-state index contributed by atoms with van der Waals surface area (Å²) in [5, 5.41) is 20.0. The number of hydrogen-bond donors (Lipinski definition) is 2. The standard InChI is InChI=1S/C16H14FN5O3S/c17-9-1-2-11-10(7-9)13(15(24)18-11)20-21-14(23)12-8-26-16(19-12)22-3-5-25-6-4-22/h1-2,7-8,18,24H,3-6H2. The Morgan fingerprint density at radius 2 is 2.19 bits per heavy atom. The molecule has 1 aliphatic rings. The van der Waals surface area contributed by atoms with Gasteiger partial charge in [0.05, 0.1) is 18.7 Å². The van der Waals surface area contributed by atoms with Crippen molar-refractivity contribution in [2.24, 2.45) is 10.2 Å². The van der Waals surface area contributed by atoms with E-state index < -0.39 is 11.7 Å². The van der Waals surface area contributed by atoms with Gasteiger partial charge in [0.1, 0.15) is 11.5 Å². The largest absolute Gasteiger partial charge is 0.493 e. The van der Waals surface area contributed by atoms with E-state index in [2.05, 4.69) is 20.2 Å². The molecule has 26 heavy (non-hydrogen) atoms. The molecule has 2 N–H and O–H groups in total. The lowest BCUT2D eigenvalue weighted by atomic mass is 10.2. The summed E-state index contributed by atoms with van der Waals surface area (Å²) in [7, 11) is 0. The van der Waals surface area contributed by atoms with Crippen LogP contribution in [0.2, 0.25) is 0 Å². The van der Waals surface area contributed by atoms with Crippen molar-refractivity contribution < 1.29 is 19.0 Å². The fourth-order valence-corrected chi connectivity index (χ4v) is 3.50. The van der Waals surface area contributed by atoms with Crippen molar-refractivity contribution in [1.82, 2.24) is 9.97 Å². The Kier molecular flexibility index (Phi) is 4.35. The number of H-pyrrole nitrogens is 1. The van der Waals surface area contributed by atoms with Gasteiger partial charge in [0.15, 0.2) is 10.8 Å². The number of aromatic nitrogens is 2. The van der Waals surface area contributed by atoms with Crippen LogP contribution in [0.1, 0.15) is 10.5 Å². The predicted octanol–water partition coefficient (Wildman–Crippen LogP) is 3.23. The van der Waals surface area contributed by atoms with E-state index >= 15 is 0 Å². The number of aromatic hydroxyl groups is 1. The van der Waals surface area contributed by atoms with Gasteiger partial charge in [-0.05, 0) is 18.2 Å². The lowest BCUT2D eigenvalue weighted by Gasteiger charge is -2.25. The van der Waals surface area contributed by atoms with Gasteiger partial charge in [-0.3, -0.25) is 4.79 Å². The Hall–Kier alpha value is -2.85. The summed E-state index contributed by atoms with van der Waals surface area (Å²) in [5.74, 6) is -1.39. The first kappa shape index (κ1) is 16.6. The summed E-state index contributed by atoms with van der Waals surface area (Å²) in [6, 6.07) is 3.94. The number of nitrogens with zero attached hydrogens (tertiary/aromatic N) is 4. The van der Waals surface area contributed by atoms with Gasteiger partial charge < -0.3 is 19.7 Å². The molecular weight excluding hydrogens is 361 g/mol. The van der Waals surface area contributed by atoms with Crippen molar-refractivity contribution in [2.75, 3.05) is 31.2 Å². The smallest absolute Gasteiger partial charge is 0.314 e. The van der Waals surface area contributed by atoms with Crippen LogP contribution < -0.4 is 4.90 Å². The highest BCUT2D eigenvalue weighted by atomic mass is 32.1. The number of ether oxygens (including phenoxy) is 1. The first-order valence-electron chi connectivity index (χ1n) is 7.86. The molecule has 8 nitrogen and oxygen atoms in total. The summed E-state index contributed by atoms with van der Waals surface area (Å²) in [4.78, 5) is 21.2. The van der Waals surface area contributed by atoms with Crippen LogP contribution in [0.25, 0.3) is 10.9 Å². The highest BCUT2D eigenvalue weighted by Crippen LogP contribution is 2.36. The molecule has 1 aromatic carbocycles. The van der Waals surface area contributed by atoms with E-state index in [-0.39, 0.29) is 17.3 Å². The maximum Gasteiger partial charge on any atom is 0.314 e. The second-order valence-electron chi connectivity index (χ2n) is 5.63. The molecule has 0 aliphatic carbocycles. The summed E-state index contributed by atoms with van der Waals surface area (Å²) in [5.41, 5.74) is 0.677. The van der Waals surface area contributed by atoms with Gasteiger partial charge in [-0.15, -0.1) is 21.6 Å². The van der Waals surface area contributed by atoms with Gasteiger partial charge in [0, 0.05) is 23.9 Å². The number of anilines is 1. The SMILES string of the molecule is O=C(N=Nc1c(O)[nH]c2ccc(F)cc12)c1csc(N2CCOCC2)n1. The van der Waals surface area contributed by atoms with Crippen LogP contribution in [0.4, 0.5) is 15.2 Å². The molecular formula is C16H14FN5O3S. The van der Waals surface area contributed by atoms with E-state index in [0.29, 0.717) is 24.1 Å². The maximum absolute atomic E-state index is 13.4. The van der Waals surface area contributed by atoms with Crippen molar-refractivity contribution in [1.29, 1.82) is 0 Å². The van der Waals surface area contributed by atoms with Crippen LogP contribution in [0.15, 0.2) is 33.8 Å². The van der Waals surface area contributed by atoms with Gasteiger partial charge in [-0.25, -0.2) is 9.37 Å². The number of carbonyl (C=O) groups is 1. The minimum Gasteiger partial charge on any atom is -0.493 e. The van der Waals surface area contributed by atoms with Crippen molar-refractivity contribution in [2.45, 2.75) is 0 Å². The van der Waals surface area contributed by atoms with Gasteiger partial charge in [0.25, 0.3) is 0 Å². The third-order valence-corrected chi connectivity index (χ3v) is 4.85. The minimum atomic E-state index is -0.633. The third kappa shape index (κ3) is 3.16. The number of rotatable bonds is 3. The average Bonchev–Trinajstić information content (AvgIpc) is 3.25. The summed E-state index contributed by atoms with van der Waals surface area (Å²) < 4.78 is 18.7. The number of azo groups is 1. The highest BCUT2D eigenvalue weighted by Gasteiger charge is 2.18. The fourth-order valence-electron chi connectivity index (χ4n) is 2.65. The summed E-state index contributed by atoms with van der Waals surface area (Å²) in [6.45, 7) is 2.69. The first-order chi connectivity index (χ1) is 12.6. The zero-order valence-corrected chi connectivity index (χ0v) is 14.3. The number of amides is 1. The molecule has 1 fully saturated rings. The lowest BCUT2D eigenvalue weighted by Crippen LogP contribution is -2.36. The quantitative estimate of drug-likeness (QED) is 0.684. The molecule has 0 spiro atoms. The molecule has 134 valence electrons. The number of halogens is 1. The van der Waals surface area contributed by atoms with E-state index in [0.717, 1.165) is 18.2 Å². The van der Waals surface area contributed by atoms with Crippen LogP contribution in [0.3, 0.4) is 0 Å². The van der Waals surface area contributed by atoms with Crippen LogP contribution in [-0.2, 0) is 4.74 Å². The second-order valence-corrected chi connectivity index (χ2v) is 6.47.